The van der Waals surface area contributed by atoms with E-state index in [0.717, 1.165) is 4.47 Å². The highest BCUT2D eigenvalue weighted by Gasteiger charge is 2.21. The van der Waals surface area contributed by atoms with Crippen LogP contribution in [-0.2, 0) is 14.8 Å². The number of halogens is 1. The molecule has 0 spiro atoms. The second kappa shape index (κ2) is 10.6. The fraction of sp³-hybridized carbons (Fsp3) is 0.174. The lowest BCUT2D eigenvalue weighted by Crippen LogP contribution is -2.26. The third kappa shape index (κ3) is 5.67. The van der Waals surface area contributed by atoms with Gasteiger partial charge in [0, 0.05) is 24.3 Å². The Morgan fingerprint density at radius 1 is 1.00 bits per heavy atom. The van der Waals surface area contributed by atoms with Crippen LogP contribution in [0.3, 0.4) is 0 Å². The van der Waals surface area contributed by atoms with Crippen molar-refractivity contribution < 1.29 is 22.7 Å². The van der Waals surface area contributed by atoms with Gasteiger partial charge in [0.15, 0.2) is 0 Å². The monoisotopic (exact) mass is 518 g/mol. The van der Waals surface area contributed by atoms with Crippen LogP contribution >= 0.6 is 15.9 Å². The zero-order valence-electron chi connectivity index (χ0n) is 17.6. The van der Waals surface area contributed by atoms with Crippen molar-refractivity contribution in [3.8, 4) is 5.75 Å². The quantitative estimate of drug-likeness (QED) is 0.420. The normalized spacial score (nSPS) is 11.1. The summed E-state index contributed by atoms with van der Waals surface area (Å²) in [5.74, 6) is 0.0437. The van der Waals surface area contributed by atoms with E-state index in [1.807, 2.05) is 6.07 Å². The number of rotatable bonds is 9. The minimum atomic E-state index is -3.73. The minimum Gasteiger partial charge on any atom is -0.490 e. The molecule has 0 radical (unpaired) electrons. The van der Waals surface area contributed by atoms with Crippen molar-refractivity contribution in [2.75, 3.05) is 37.0 Å². The molecule has 0 saturated carbocycles. The predicted octanol–water partition coefficient (Wildman–Crippen LogP) is 4.55. The van der Waals surface area contributed by atoms with Gasteiger partial charge in [-0.2, -0.15) is 0 Å². The first kappa shape index (κ1) is 23.8. The van der Waals surface area contributed by atoms with Gasteiger partial charge in [0.25, 0.3) is 15.9 Å². The first-order valence-electron chi connectivity index (χ1n) is 9.69. The Labute approximate surface area is 196 Å². The third-order valence-corrected chi connectivity index (χ3v) is 6.91. The van der Waals surface area contributed by atoms with Crippen LogP contribution in [0, 0.1) is 0 Å². The number of para-hydroxylation sites is 1. The number of methoxy groups -OCH3 is 1. The van der Waals surface area contributed by atoms with Crippen molar-refractivity contribution in [1.29, 1.82) is 0 Å². The van der Waals surface area contributed by atoms with Gasteiger partial charge in [-0.15, -0.1) is 0 Å². The molecule has 168 valence electrons. The number of amides is 1. The topological polar surface area (TPSA) is 84.9 Å². The largest absolute Gasteiger partial charge is 0.490 e. The Kier molecular flexibility index (Phi) is 7.89. The number of nitrogens with one attached hydrogen (secondary N) is 1. The van der Waals surface area contributed by atoms with Crippen LogP contribution < -0.4 is 14.4 Å². The van der Waals surface area contributed by atoms with Gasteiger partial charge < -0.3 is 14.8 Å². The summed E-state index contributed by atoms with van der Waals surface area (Å²) >= 11 is 3.36. The molecule has 0 aliphatic heterocycles. The van der Waals surface area contributed by atoms with Gasteiger partial charge in [-0.1, -0.05) is 34.1 Å². The predicted molar refractivity (Wildman–Crippen MR) is 128 cm³/mol. The van der Waals surface area contributed by atoms with E-state index in [1.54, 1.807) is 61.7 Å². The maximum absolute atomic E-state index is 12.9. The number of benzene rings is 3. The molecule has 1 N–H and O–H groups in total. The average Bonchev–Trinajstić information content (AvgIpc) is 2.80. The number of hydrogen-bond donors (Lipinski definition) is 1. The standard InChI is InChI=1S/C23H23BrN2O5S/c1-26(19-6-4-3-5-7-19)32(28,29)20-11-9-18(10-12-20)25-23(27)21-16-17(24)8-13-22(21)31-15-14-30-2/h3-13,16H,14-15H2,1-2H3,(H,25,27). The molecule has 0 atom stereocenters. The summed E-state index contributed by atoms with van der Waals surface area (Å²) in [7, 11) is -0.664. The van der Waals surface area contributed by atoms with E-state index in [2.05, 4.69) is 21.2 Å². The van der Waals surface area contributed by atoms with Gasteiger partial charge in [0.05, 0.1) is 22.8 Å². The lowest BCUT2D eigenvalue weighted by atomic mass is 10.2. The number of anilines is 2. The van der Waals surface area contributed by atoms with Crippen molar-refractivity contribution in [2.24, 2.45) is 0 Å². The molecule has 3 aromatic carbocycles. The van der Waals surface area contributed by atoms with Gasteiger partial charge >= 0.3 is 0 Å². The molecule has 0 saturated heterocycles. The van der Waals surface area contributed by atoms with Gasteiger partial charge in [-0.3, -0.25) is 9.10 Å². The number of hydrogen-bond acceptors (Lipinski definition) is 5. The van der Waals surface area contributed by atoms with Crippen LogP contribution in [0.4, 0.5) is 11.4 Å². The highest BCUT2D eigenvalue weighted by Crippen LogP contribution is 2.26. The van der Waals surface area contributed by atoms with Crippen molar-refractivity contribution in [3.05, 3.63) is 82.8 Å². The first-order valence-corrected chi connectivity index (χ1v) is 11.9. The van der Waals surface area contributed by atoms with Crippen molar-refractivity contribution >= 4 is 43.2 Å². The minimum absolute atomic E-state index is 0.118. The van der Waals surface area contributed by atoms with E-state index in [1.165, 1.54) is 23.5 Å². The summed E-state index contributed by atoms with van der Waals surface area (Å²) in [6, 6.07) is 20.0. The highest BCUT2D eigenvalue weighted by molar-refractivity contribution is 9.10. The number of carbonyl (C=O) groups excluding carboxylic acids is 1. The lowest BCUT2D eigenvalue weighted by Gasteiger charge is -2.19. The van der Waals surface area contributed by atoms with Crippen LogP contribution in [0.1, 0.15) is 10.4 Å². The number of nitrogens with zero attached hydrogens (tertiary/aromatic N) is 1. The zero-order chi connectivity index (χ0) is 23.1. The molecule has 7 nitrogen and oxygen atoms in total. The highest BCUT2D eigenvalue weighted by atomic mass is 79.9. The smallest absolute Gasteiger partial charge is 0.264 e. The van der Waals surface area contributed by atoms with Gasteiger partial charge in [0.1, 0.15) is 12.4 Å². The average molecular weight is 519 g/mol. The zero-order valence-corrected chi connectivity index (χ0v) is 20.0. The molecule has 0 fully saturated rings. The molecule has 0 aliphatic rings. The van der Waals surface area contributed by atoms with E-state index in [-0.39, 0.29) is 10.8 Å². The Balaban J connectivity index is 1.76. The maximum Gasteiger partial charge on any atom is 0.264 e. The second-order valence-corrected chi connectivity index (χ2v) is 9.65. The molecule has 3 rings (SSSR count). The van der Waals surface area contributed by atoms with Crippen LogP contribution in [-0.4, -0.2) is 41.7 Å². The van der Waals surface area contributed by atoms with E-state index in [4.69, 9.17) is 9.47 Å². The number of ether oxygens (including phenoxy) is 2. The fourth-order valence-electron chi connectivity index (χ4n) is 2.88. The Hall–Kier alpha value is -2.88. The molecule has 0 heterocycles. The molecule has 9 heteroatoms. The number of sulfonamides is 1. The molecule has 1 amide bonds. The summed E-state index contributed by atoms with van der Waals surface area (Å²) in [4.78, 5) is 12.9. The third-order valence-electron chi connectivity index (χ3n) is 4.62. The Morgan fingerprint density at radius 3 is 2.34 bits per heavy atom. The molecular formula is C23H23BrN2O5S. The van der Waals surface area contributed by atoms with Gasteiger partial charge in [0.2, 0.25) is 0 Å². The summed E-state index contributed by atoms with van der Waals surface area (Å²) in [6.45, 7) is 0.699. The Bertz CT molecular complexity index is 1170. The van der Waals surface area contributed by atoms with Crippen LogP contribution in [0.2, 0.25) is 0 Å². The van der Waals surface area contributed by atoms with Crippen LogP contribution in [0.25, 0.3) is 0 Å². The number of carbonyl (C=O) groups is 1. The molecule has 0 aliphatic carbocycles. The van der Waals surface area contributed by atoms with Crippen molar-refractivity contribution in [1.82, 2.24) is 0 Å². The van der Waals surface area contributed by atoms with E-state index in [0.29, 0.717) is 35.9 Å². The SMILES string of the molecule is COCCOc1ccc(Br)cc1C(=O)Nc1ccc(S(=O)(=O)N(C)c2ccccc2)cc1. The van der Waals surface area contributed by atoms with Gasteiger partial charge in [-0.05, 0) is 54.6 Å². The van der Waals surface area contributed by atoms with Crippen LogP contribution in [0.5, 0.6) is 5.75 Å². The second-order valence-electron chi connectivity index (χ2n) is 6.77. The van der Waals surface area contributed by atoms with Crippen molar-refractivity contribution in [2.45, 2.75) is 4.90 Å². The molecule has 0 aromatic heterocycles. The Morgan fingerprint density at radius 2 is 1.69 bits per heavy atom. The lowest BCUT2D eigenvalue weighted by molar-refractivity contribution is 0.101. The summed E-state index contributed by atoms with van der Waals surface area (Å²) in [5.41, 5.74) is 1.36. The molecule has 0 unspecified atom stereocenters. The van der Waals surface area contributed by atoms with Gasteiger partial charge in [-0.25, -0.2) is 8.42 Å². The molecule has 0 bridgehead atoms. The maximum atomic E-state index is 12.9. The van der Waals surface area contributed by atoms with E-state index >= 15 is 0 Å². The van der Waals surface area contributed by atoms with Crippen LogP contribution in [0.15, 0.2) is 82.2 Å². The summed E-state index contributed by atoms with van der Waals surface area (Å²) < 4.78 is 38.4. The molecule has 32 heavy (non-hydrogen) atoms. The summed E-state index contributed by atoms with van der Waals surface area (Å²) in [6.07, 6.45) is 0. The van der Waals surface area contributed by atoms with Crippen molar-refractivity contribution in [3.63, 3.8) is 0 Å². The van der Waals surface area contributed by atoms with E-state index < -0.39 is 10.0 Å². The first-order chi connectivity index (χ1) is 15.3. The molecular weight excluding hydrogens is 496 g/mol. The fourth-order valence-corrected chi connectivity index (χ4v) is 4.44. The summed E-state index contributed by atoms with van der Waals surface area (Å²) in [5, 5.41) is 2.78. The molecule has 3 aromatic rings. The van der Waals surface area contributed by atoms with E-state index in [9.17, 15) is 13.2 Å².